The number of aryl methyl sites for hydroxylation is 1. The van der Waals surface area contributed by atoms with Crippen LogP contribution in [0, 0.1) is 6.92 Å². The fraction of sp³-hybridized carbons (Fsp3) is 0.350. The molecule has 0 amide bonds. The lowest BCUT2D eigenvalue weighted by Gasteiger charge is -2.16. The fourth-order valence-corrected chi connectivity index (χ4v) is 3.76. The Labute approximate surface area is 179 Å². The van der Waals surface area contributed by atoms with Crippen LogP contribution < -0.4 is 10.6 Å². The highest BCUT2D eigenvalue weighted by Crippen LogP contribution is 2.24. The van der Waals surface area contributed by atoms with Crippen molar-refractivity contribution in [3.63, 3.8) is 0 Å². The van der Waals surface area contributed by atoms with Gasteiger partial charge in [-0.15, -0.1) is 21.5 Å². The van der Waals surface area contributed by atoms with Crippen molar-refractivity contribution in [3.05, 3.63) is 58.1 Å². The maximum Gasteiger partial charge on any atom is 0.350 e. The molecule has 158 valence electrons. The van der Waals surface area contributed by atoms with Gasteiger partial charge in [0.25, 0.3) is 0 Å². The second kappa shape index (κ2) is 9.97. The number of hydrogen-bond donors (Lipinski definition) is 2. The zero-order valence-corrected chi connectivity index (χ0v) is 18.2. The Morgan fingerprint density at radius 1 is 1.33 bits per heavy atom. The Morgan fingerprint density at radius 3 is 2.80 bits per heavy atom. The standard InChI is InChI=1S/C20H25N7O2S/c1-5-29-19(28)17-13(2)24-18(30-17)14(3)25-20(21-4)22-11-16-26-23-12-27(16)15-9-7-6-8-10-15/h6-10,12,14H,5,11H2,1-4H3,(H2,21,22,25). The van der Waals surface area contributed by atoms with Crippen LogP contribution in [0.4, 0.5) is 0 Å². The molecule has 1 atom stereocenters. The molecule has 2 N–H and O–H groups in total. The van der Waals surface area contributed by atoms with Gasteiger partial charge in [-0.3, -0.25) is 9.56 Å². The Kier molecular flexibility index (Phi) is 7.12. The number of thiazole rings is 1. The zero-order chi connectivity index (χ0) is 21.5. The topological polar surface area (TPSA) is 106 Å². The molecule has 3 rings (SSSR count). The van der Waals surface area contributed by atoms with E-state index in [0.29, 0.717) is 29.7 Å². The van der Waals surface area contributed by atoms with Crippen molar-refractivity contribution in [1.82, 2.24) is 30.4 Å². The number of nitrogens with zero attached hydrogens (tertiary/aromatic N) is 5. The number of ether oxygens (including phenoxy) is 1. The summed E-state index contributed by atoms with van der Waals surface area (Å²) in [5.41, 5.74) is 1.65. The number of esters is 1. The second-order valence-electron chi connectivity index (χ2n) is 6.43. The fourth-order valence-electron chi connectivity index (χ4n) is 2.80. The first-order valence-corrected chi connectivity index (χ1v) is 10.4. The predicted octanol–water partition coefficient (Wildman–Crippen LogP) is 2.64. The predicted molar refractivity (Wildman–Crippen MR) is 116 cm³/mol. The van der Waals surface area contributed by atoms with E-state index in [1.54, 1.807) is 20.3 Å². The normalized spacial score (nSPS) is 12.5. The number of para-hydroxylation sites is 1. The Balaban J connectivity index is 1.64. The Hall–Kier alpha value is -3.27. The van der Waals surface area contributed by atoms with Gasteiger partial charge >= 0.3 is 5.97 Å². The lowest BCUT2D eigenvalue weighted by atomic mass is 10.3. The van der Waals surface area contributed by atoms with Gasteiger partial charge in [-0.1, -0.05) is 18.2 Å². The summed E-state index contributed by atoms with van der Waals surface area (Å²) in [5, 5.41) is 15.5. The van der Waals surface area contributed by atoms with E-state index >= 15 is 0 Å². The lowest BCUT2D eigenvalue weighted by molar-refractivity contribution is 0.0531. The number of aliphatic imine (C=N–C) groups is 1. The third-order valence-corrected chi connectivity index (χ3v) is 5.61. The molecule has 10 heteroatoms. The number of carbonyl (C=O) groups is 1. The van der Waals surface area contributed by atoms with Crippen LogP contribution in [0.25, 0.3) is 5.69 Å². The number of benzene rings is 1. The highest BCUT2D eigenvalue weighted by atomic mass is 32.1. The van der Waals surface area contributed by atoms with Gasteiger partial charge in [0.05, 0.1) is 24.9 Å². The maximum absolute atomic E-state index is 12.0. The number of carbonyl (C=O) groups excluding carboxylic acids is 1. The molecule has 2 heterocycles. The summed E-state index contributed by atoms with van der Waals surface area (Å²) in [7, 11) is 1.70. The third-order valence-electron chi connectivity index (χ3n) is 4.29. The summed E-state index contributed by atoms with van der Waals surface area (Å²) in [4.78, 5) is 21.3. The average molecular weight is 428 g/mol. The van der Waals surface area contributed by atoms with E-state index in [2.05, 4.69) is 30.8 Å². The van der Waals surface area contributed by atoms with Crippen molar-refractivity contribution >= 4 is 23.3 Å². The van der Waals surface area contributed by atoms with Crippen molar-refractivity contribution in [2.75, 3.05) is 13.7 Å². The van der Waals surface area contributed by atoms with E-state index < -0.39 is 0 Å². The molecule has 1 aromatic carbocycles. The van der Waals surface area contributed by atoms with Crippen molar-refractivity contribution in [3.8, 4) is 5.69 Å². The summed E-state index contributed by atoms with van der Waals surface area (Å²) >= 11 is 1.33. The monoisotopic (exact) mass is 427 g/mol. The molecule has 0 fully saturated rings. The van der Waals surface area contributed by atoms with Crippen LogP contribution >= 0.6 is 11.3 Å². The first-order valence-electron chi connectivity index (χ1n) is 9.59. The largest absolute Gasteiger partial charge is 0.462 e. The molecular weight excluding hydrogens is 402 g/mol. The molecule has 0 radical (unpaired) electrons. The molecule has 3 aromatic rings. The summed E-state index contributed by atoms with van der Waals surface area (Å²) < 4.78 is 7.01. The molecule has 9 nitrogen and oxygen atoms in total. The minimum absolute atomic E-state index is 0.143. The van der Waals surface area contributed by atoms with E-state index in [0.717, 1.165) is 16.5 Å². The molecule has 0 aliphatic carbocycles. The van der Waals surface area contributed by atoms with Crippen molar-refractivity contribution in [1.29, 1.82) is 0 Å². The maximum atomic E-state index is 12.0. The van der Waals surface area contributed by atoms with Crippen LogP contribution in [-0.4, -0.2) is 45.3 Å². The Morgan fingerprint density at radius 2 is 2.10 bits per heavy atom. The van der Waals surface area contributed by atoms with Gasteiger partial charge in [0.1, 0.15) is 16.2 Å². The molecular formula is C20H25N7O2S. The lowest BCUT2D eigenvalue weighted by Crippen LogP contribution is -2.38. The number of guanidine groups is 1. The number of hydrogen-bond acceptors (Lipinski definition) is 7. The molecule has 0 aliphatic rings. The highest BCUT2D eigenvalue weighted by molar-refractivity contribution is 7.13. The summed E-state index contributed by atoms with van der Waals surface area (Å²) in [6.07, 6.45) is 1.68. The van der Waals surface area contributed by atoms with E-state index in [-0.39, 0.29) is 12.0 Å². The van der Waals surface area contributed by atoms with Crippen LogP contribution in [-0.2, 0) is 11.3 Å². The first-order chi connectivity index (χ1) is 14.5. The molecule has 0 bridgehead atoms. The van der Waals surface area contributed by atoms with E-state index in [1.807, 2.05) is 48.7 Å². The Bertz CT molecular complexity index is 1010. The van der Waals surface area contributed by atoms with E-state index in [4.69, 9.17) is 4.74 Å². The van der Waals surface area contributed by atoms with Gasteiger partial charge in [0.2, 0.25) is 0 Å². The van der Waals surface area contributed by atoms with E-state index in [1.165, 1.54) is 11.3 Å². The van der Waals surface area contributed by atoms with Crippen LogP contribution in [0.3, 0.4) is 0 Å². The highest BCUT2D eigenvalue weighted by Gasteiger charge is 2.20. The van der Waals surface area contributed by atoms with Crippen LogP contribution in [0.1, 0.15) is 46.1 Å². The smallest absolute Gasteiger partial charge is 0.350 e. The molecule has 0 aliphatic heterocycles. The van der Waals surface area contributed by atoms with Gasteiger partial charge < -0.3 is 15.4 Å². The molecule has 0 spiro atoms. The van der Waals surface area contributed by atoms with Crippen molar-refractivity contribution in [2.45, 2.75) is 33.4 Å². The van der Waals surface area contributed by atoms with Crippen LogP contribution in [0.15, 0.2) is 41.7 Å². The average Bonchev–Trinajstić information content (AvgIpc) is 3.38. The van der Waals surface area contributed by atoms with Crippen molar-refractivity contribution < 1.29 is 9.53 Å². The summed E-state index contributed by atoms with van der Waals surface area (Å²) in [6, 6.07) is 9.74. The van der Waals surface area contributed by atoms with Crippen LogP contribution in [0.2, 0.25) is 0 Å². The van der Waals surface area contributed by atoms with Gasteiger partial charge in [-0.05, 0) is 32.9 Å². The summed E-state index contributed by atoms with van der Waals surface area (Å²) in [5.74, 6) is 1.01. The third kappa shape index (κ3) is 5.01. The minimum Gasteiger partial charge on any atom is -0.462 e. The van der Waals surface area contributed by atoms with Gasteiger partial charge in [-0.25, -0.2) is 9.78 Å². The minimum atomic E-state index is -0.339. The molecule has 0 saturated carbocycles. The van der Waals surface area contributed by atoms with Gasteiger partial charge in [-0.2, -0.15) is 0 Å². The van der Waals surface area contributed by atoms with Crippen molar-refractivity contribution in [2.24, 2.45) is 4.99 Å². The number of nitrogens with one attached hydrogen (secondary N) is 2. The van der Waals surface area contributed by atoms with Gasteiger partial charge in [0.15, 0.2) is 11.8 Å². The number of aromatic nitrogens is 4. The van der Waals surface area contributed by atoms with E-state index in [9.17, 15) is 4.79 Å². The molecule has 1 unspecified atom stereocenters. The first kappa shape index (κ1) is 21.4. The quantitative estimate of drug-likeness (QED) is 0.339. The zero-order valence-electron chi connectivity index (χ0n) is 17.4. The van der Waals surface area contributed by atoms with Crippen LogP contribution in [0.5, 0.6) is 0 Å². The second-order valence-corrected chi connectivity index (χ2v) is 7.46. The van der Waals surface area contributed by atoms with Gasteiger partial charge in [0, 0.05) is 12.7 Å². The molecule has 2 aromatic heterocycles. The number of rotatable bonds is 7. The molecule has 30 heavy (non-hydrogen) atoms. The molecule has 0 saturated heterocycles. The summed E-state index contributed by atoms with van der Waals surface area (Å²) in [6.45, 7) is 6.33. The SMILES string of the molecule is CCOC(=O)c1sc(C(C)NC(=NC)NCc2nncn2-c2ccccc2)nc1C.